The first-order chi connectivity index (χ1) is 8.98. The molecule has 0 spiro atoms. The maximum absolute atomic E-state index is 12.6. The van der Waals surface area contributed by atoms with Crippen LogP contribution in [0.15, 0.2) is 23.1 Å². The lowest BCUT2D eigenvalue weighted by Crippen LogP contribution is -2.30. The molecular weight excluding hydrogens is 264 g/mol. The van der Waals surface area contributed by atoms with Gasteiger partial charge >= 0.3 is 0 Å². The molecule has 1 saturated heterocycles. The highest BCUT2D eigenvalue weighted by Crippen LogP contribution is 2.26. The fraction of sp³-hybridized carbons (Fsp3) is 0.538. The largest absolute Gasteiger partial charge is 0.399 e. The quantitative estimate of drug-likeness (QED) is 0.844. The van der Waals surface area contributed by atoms with Crippen LogP contribution >= 0.6 is 0 Å². The molecule has 0 aromatic heterocycles. The Kier molecular flexibility index (Phi) is 4.13. The molecule has 1 unspecified atom stereocenters. The van der Waals surface area contributed by atoms with E-state index in [-0.39, 0.29) is 6.10 Å². The van der Waals surface area contributed by atoms with E-state index in [1.54, 1.807) is 25.3 Å². The van der Waals surface area contributed by atoms with Crippen molar-refractivity contribution in [2.75, 3.05) is 25.9 Å². The standard InChI is InChI=1S/C13H20N2O3S/c1-3-10-4-5-11(14)8-13(10)19(16,17)15-7-6-12(9-15)18-2/h4-5,8,12H,3,6-7,9,14H2,1-2H3. The molecule has 2 rings (SSSR count). The number of nitrogen functional groups attached to an aromatic ring is 1. The molecule has 1 aliphatic rings. The first-order valence-electron chi connectivity index (χ1n) is 6.40. The number of hydrogen-bond donors (Lipinski definition) is 1. The summed E-state index contributed by atoms with van der Waals surface area (Å²) < 4.78 is 32.0. The van der Waals surface area contributed by atoms with Crippen molar-refractivity contribution in [3.8, 4) is 0 Å². The van der Waals surface area contributed by atoms with Crippen LogP contribution in [0.5, 0.6) is 0 Å². The molecule has 0 amide bonds. The summed E-state index contributed by atoms with van der Waals surface area (Å²) in [6, 6.07) is 5.07. The van der Waals surface area contributed by atoms with Gasteiger partial charge in [-0.3, -0.25) is 0 Å². The monoisotopic (exact) mass is 284 g/mol. The van der Waals surface area contributed by atoms with Crippen molar-refractivity contribution in [1.29, 1.82) is 0 Å². The summed E-state index contributed by atoms with van der Waals surface area (Å²) >= 11 is 0. The lowest BCUT2D eigenvalue weighted by molar-refractivity contribution is 0.115. The van der Waals surface area contributed by atoms with E-state index in [2.05, 4.69) is 0 Å². The third-order valence-electron chi connectivity index (χ3n) is 3.53. The van der Waals surface area contributed by atoms with Gasteiger partial charge in [-0.05, 0) is 30.5 Å². The first-order valence-corrected chi connectivity index (χ1v) is 7.84. The van der Waals surface area contributed by atoms with Crippen molar-refractivity contribution >= 4 is 15.7 Å². The van der Waals surface area contributed by atoms with Gasteiger partial charge < -0.3 is 10.5 Å². The topological polar surface area (TPSA) is 72.6 Å². The lowest BCUT2D eigenvalue weighted by Gasteiger charge is -2.18. The van der Waals surface area contributed by atoms with Crippen LogP contribution in [0, 0.1) is 0 Å². The summed E-state index contributed by atoms with van der Waals surface area (Å²) in [5, 5.41) is 0. The number of nitrogens with two attached hydrogens (primary N) is 1. The van der Waals surface area contributed by atoms with Gasteiger partial charge in [0, 0.05) is 25.9 Å². The van der Waals surface area contributed by atoms with Gasteiger partial charge in [-0.15, -0.1) is 0 Å². The van der Waals surface area contributed by atoms with Gasteiger partial charge in [-0.1, -0.05) is 13.0 Å². The van der Waals surface area contributed by atoms with Gasteiger partial charge in [0.25, 0.3) is 0 Å². The Morgan fingerprint density at radius 2 is 2.21 bits per heavy atom. The Balaban J connectivity index is 2.37. The molecule has 106 valence electrons. The van der Waals surface area contributed by atoms with E-state index in [1.165, 1.54) is 4.31 Å². The van der Waals surface area contributed by atoms with Gasteiger partial charge in [-0.25, -0.2) is 8.42 Å². The predicted octanol–water partition coefficient (Wildman–Crippen LogP) is 1.24. The van der Waals surface area contributed by atoms with Gasteiger partial charge in [0.05, 0.1) is 11.0 Å². The number of anilines is 1. The third kappa shape index (κ3) is 2.75. The Morgan fingerprint density at radius 1 is 1.47 bits per heavy atom. The number of aryl methyl sites for hydroxylation is 1. The smallest absolute Gasteiger partial charge is 0.243 e. The zero-order valence-electron chi connectivity index (χ0n) is 11.3. The molecule has 1 aromatic carbocycles. The summed E-state index contributed by atoms with van der Waals surface area (Å²) in [6.07, 6.45) is 1.39. The van der Waals surface area contributed by atoms with E-state index < -0.39 is 10.0 Å². The molecule has 1 heterocycles. The Bertz CT molecular complexity index is 557. The van der Waals surface area contributed by atoms with Crippen molar-refractivity contribution in [3.05, 3.63) is 23.8 Å². The zero-order chi connectivity index (χ0) is 14.0. The van der Waals surface area contributed by atoms with Crippen LogP contribution in [0.25, 0.3) is 0 Å². The highest BCUT2D eigenvalue weighted by Gasteiger charge is 2.33. The van der Waals surface area contributed by atoms with E-state index in [1.807, 2.05) is 6.92 Å². The average molecular weight is 284 g/mol. The number of methoxy groups -OCH3 is 1. The Hall–Kier alpha value is -1.11. The molecule has 0 saturated carbocycles. The highest BCUT2D eigenvalue weighted by atomic mass is 32.2. The second kappa shape index (κ2) is 5.48. The molecule has 6 heteroatoms. The second-order valence-electron chi connectivity index (χ2n) is 4.73. The van der Waals surface area contributed by atoms with Crippen LogP contribution in [-0.4, -0.2) is 39.0 Å². The molecule has 1 atom stereocenters. The SMILES string of the molecule is CCc1ccc(N)cc1S(=O)(=O)N1CCC(OC)C1. The van der Waals surface area contributed by atoms with Crippen LogP contribution in [-0.2, 0) is 21.2 Å². The minimum atomic E-state index is -3.47. The van der Waals surface area contributed by atoms with E-state index in [0.717, 1.165) is 12.0 Å². The first kappa shape index (κ1) is 14.3. The summed E-state index contributed by atoms with van der Waals surface area (Å²) in [5.41, 5.74) is 6.99. The molecule has 1 fully saturated rings. The number of rotatable bonds is 4. The van der Waals surface area contributed by atoms with Crippen LogP contribution in [0.4, 0.5) is 5.69 Å². The molecule has 2 N–H and O–H groups in total. The summed E-state index contributed by atoms with van der Waals surface area (Å²) in [7, 11) is -1.86. The van der Waals surface area contributed by atoms with Gasteiger partial charge in [0.2, 0.25) is 10.0 Å². The van der Waals surface area contributed by atoms with Crippen molar-refractivity contribution in [2.24, 2.45) is 0 Å². The summed E-state index contributed by atoms with van der Waals surface area (Å²) in [6.45, 7) is 2.85. The minimum Gasteiger partial charge on any atom is -0.399 e. The molecule has 0 bridgehead atoms. The Labute approximate surface area is 114 Å². The molecule has 1 aliphatic heterocycles. The molecule has 0 aliphatic carbocycles. The minimum absolute atomic E-state index is 0.0130. The molecule has 19 heavy (non-hydrogen) atoms. The van der Waals surface area contributed by atoms with Crippen LogP contribution < -0.4 is 5.73 Å². The van der Waals surface area contributed by atoms with Gasteiger partial charge in [0.15, 0.2) is 0 Å². The number of benzene rings is 1. The molecule has 5 nitrogen and oxygen atoms in total. The van der Waals surface area contributed by atoms with Crippen LogP contribution in [0.2, 0.25) is 0 Å². The Morgan fingerprint density at radius 3 is 2.79 bits per heavy atom. The lowest BCUT2D eigenvalue weighted by atomic mass is 10.1. The number of nitrogens with zero attached hydrogens (tertiary/aromatic N) is 1. The van der Waals surface area contributed by atoms with E-state index in [9.17, 15) is 8.42 Å². The van der Waals surface area contributed by atoms with E-state index in [0.29, 0.717) is 30.1 Å². The van der Waals surface area contributed by atoms with Crippen molar-refractivity contribution < 1.29 is 13.2 Å². The van der Waals surface area contributed by atoms with E-state index in [4.69, 9.17) is 10.5 Å². The van der Waals surface area contributed by atoms with Gasteiger partial charge in [0.1, 0.15) is 0 Å². The zero-order valence-corrected chi connectivity index (χ0v) is 12.1. The summed E-state index contributed by atoms with van der Waals surface area (Å²) in [5.74, 6) is 0. The van der Waals surface area contributed by atoms with Crippen LogP contribution in [0.3, 0.4) is 0 Å². The number of hydrogen-bond acceptors (Lipinski definition) is 4. The maximum atomic E-state index is 12.6. The second-order valence-corrected chi connectivity index (χ2v) is 6.64. The third-order valence-corrected chi connectivity index (χ3v) is 5.48. The maximum Gasteiger partial charge on any atom is 0.243 e. The van der Waals surface area contributed by atoms with Gasteiger partial charge in [-0.2, -0.15) is 4.31 Å². The predicted molar refractivity (Wildman–Crippen MR) is 74.4 cm³/mol. The number of sulfonamides is 1. The average Bonchev–Trinajstić information content (AvgIpc) is 2.88. The molecular formula is C13H20N2O3S. The van der Waals surface area contributed by atoms with Crippen molar-refractivity contribution in [1.82, 2.24) is 4.31 Å². The normalized spacial score (nSPS) is 20.8. The number of ether oxygens (including phenoxy) is 1. The molecule has 0 radical (unpaired) electrons. The molecule has 1 aromatic rings. The highest BCUT2D eigenvalue weighted by molar-refractivity contribution is 7.89. The fourth-order valence-electron chi connectivity index (χ4n) is 2.35. The van der Waals surface area contributed by atoms with E-state index >= 15 is 0 Å². The van der Waals surface area contributed by atoms with Crippen molar-refractivity contribution in [3.63, 3.8) is 0 Å². The van der Waals surface area contributed by atoms with Crippen molar-refractivity contribution in [2.45, 2.75) is 30.8 Å². The van der Waals surface area contributed by atoms with Crippen LogP contribution in [0.1, 0.15) is 18.9 Å². The fourth-order valence-corrected chi connectivity index (χ4v) is 4.17. The summed E-state index contributed by atoms with van der Waals surface area (Å²) in [4.78, 5) is 0.326.